The minimum Gasteiger partial charge on any atom is -0.348 e. The van der Waals surface area contributed by atoms with E-state index in [4.69, 9.17) is 18.9 Å². The zero-order valence-electron chi connectivity index (χ0n) is 12.4. The van der Waals surface area contributed by atoms with Crippen molar-refractivity contribution < 1.29 is 18.9 Å². The number of hydrogen-bond donors (Lipinski definition) is 0. The monoisotopic (exact) mass is 258 g/mol. The van der Waals surface area contributed by atoms with Crippen LogP contribution in [0.5, 0.6) is 0 Å². The molecule has 0 aromatic rings. The Morgan fingerprint density at radius 2 is 1.11 bits per heavy atom. The summed E-state index contributed by atoms with van der Waals surface area (Å²) >= 11 is 0. The Labute approximate surface area is 110 Å². The highest BCUT2D eigenvalue weighted by Gasteiger charge is 2.42. The van der Waals surface area contributed by atoms with E-state index in [0.717, 1.165) is 0 Å². The molecule has 0 aromatic heterocycles. The summed E-state index contributed by atoms with van der Waals surface area (Å²) in [7, 11) is 0. The molecule has 0 spiro atoms. The second kappa shape index (κ2) is 4.75. The summed E-state index contributed by atoms with van der Waals surface area (Å²) in [6.07, 6.45) is 0.282. The van der Waals surface area contributed by atoms with Gasteiger partial charge in [0.2, 0.25) is 0 Å². The molecule has 0 bridgehead atoms. The van der Waals surface area contributed by atoms with Crippen LogP contribution in [-0.4, -0.2) is 37.0 Å². The molecule has 0 N–H and O–H groups in total. The third-order valence-corrected chi connectivity index (χ3v) is 4.06. The van der Waals surface area contributed by atoms with Crippen molar-refractivity contribution in [1.82, 2.24) is 0 Å². The molecule has 4 nitrogen and oxygen atoms in total. The Morgan fingerprint density at radius 1 is 0.778 bits per heavy atom. The summed E-state index contributed by atoms with van der Waals surface area (Å²) < 4.78 is 23.1. The van der Waals surface area contributed by atoms with Crippen molar-refractivity contribution in [3.8, 4) is 0 Å². The highest BCUT2D eigenvalue weighted by Crippen LogP contribution is 2.35. The SMILES string of the molecule is CC(C1COC(C)(C)O1)C(C)[C@H]1COC(C)(C)O1. The third kappa shape index (κ3) is 3.05. The first-order valence-electron chi connectivity index (χ1n) is 6.84. The first kappa shape index (κ1) is 14.3. The first-order valence-corrected chi connectivity index (χ1v) is 6.84. The molecule has 2 aliphatic rings. The lowest BCUT2D eigenvalue weighted by atomic mass is 9.87. The van der Waals surface area contributed by atoms with Crippen molar-refractivity contribution in [3.63, 3.8) is 0 Å². The van der Waals surface area contributed by atoms with Crippen molar-refractivity contribution in [1.29, 1.82) is 0 Å². The number of ether oxygens (including phenoxy) is 4. The van der Waals surface area contributed by atoms with Crippen LogP contribution in [0.15, 0.2) is 0 Å². The molecule has 0 amide bonds. The Kier molecular flexibility index (Phi) is 3.76. The second-order valence-corrected chi connectivity index (χ2v) is 6.45. The van der Waals surface area contributed by atoms with Gasteiger partial charge in [-0.15, -0.1) is 0 Å². The van der Waals surface area contributed by atoms with Gasteiger partial charge in [0.15, 0.2) is 11.6 Å². The van der Waals surface area contributed by atoms with E-state index in [9.17, 15) is 0 Å². The van der Waals surface area contributed by atoms with E-state index in [1.54, 1.807) is 0 Å². The summed E-state index contributed by atoms with van der Waals surface area (Å²) in [5, 5.41) is 0. The molecule has 2 saturated heterocycles. The van der Waals surface area contributed by atoms with Crippen LogP contribution in [0.25, 0.3) is 0 Å². The highest BCUT2D eigenvalue weighted by molar-refractivity contribution is 4.84. The van der Waals surface area contributed by atoms with Gasteiger partial charge in [0.25, 0.3) is 0 Å². The molecule has 106 valence electrons. The fourth-order valence-corrected chi connectivity index (χ4v) is 2.63. The van der Waals surface area contributed by atoms with Crippen molar-refractivity contribution in [2.75, 3.05) is 13.2 Å². The van der Waals surface area contributed by atoms with Crippen LogP contribution < -0.4 is 0 Å². The molecule has 18 heavy (non-hydrogen) atoms. The molecule has 2 aliphatic heterocycles. The maximum absolute atomic E-state index is 5.92. The lowest BCUT2D eigenvalue weighted by molar-refractivity contribution is -0.158. The molecule has 2 fully saturated rings. The van der Waals surface area contributed by atoms with E-state index in [2.05, 4.69) is 13.8 Å². The normalized spacial score (nSPS) is 37.7. The van der Waals surface area contributed by atoms with Crippen molar-refractivity contribution >= 4 is 0 Å². The van der Waals surface area contributed by atoms with Gasteiger partial charge in [-0.1, -0.05) is 13.8 Å². The van der Waals surface area contributed by atoms with Crippen molar-refractivity contribution in [2.45, 2.75) is 65.3 Å². The molecule has 0 aromatic carbocycles. The minimum absolute atomic E-state index is 0.141. The van der Waals surface area contributed by atoms with Crippen LogP contribution in [0, 0.1) is 11.8 Å². The molecule has 2 heterocycles. The van der Waals surface area contributed by atoms with E-state index in [1.807, 2.05) is 27.7 Å². The standard InChI is InChI=1S/C14H26O4/c1-9(11-7-15-13(3,4)17-11)10(2)12-8-16-14(5,6)18-12/h9-12H,7-8H2,1-6H3/t9?,10?,11-,12?/m1/s1. The number of rotatable bonds is 3. The summed E-state index contributed by atoms with van der Waals surface area (Å²) in [5.74, 6) is -0.140. The van der Waals surface area contributed by atoms with E-state index in [0.29, 0.717) is 25.0 Å². The summed E-state index contributed by atoms with van der Waals surface area (Å²) in [6, 6.07) is 0. The average molecular weight is 258 g/mol. The van der Waals surface area contributed by atoms with Gasteiger partial charge in [0.1, 0.15) is 0 Å². The Morgan fingerprint density at radius 3 is 1.33 bits per heavy atom. The van der Waals surface area contributed by atoms with Gasteiger partial charge in [-0.05, 0) is 39.5 Å². The van der Waals surface area contributed by atoms with Crippen LogP contribution >= 0.6 is 0 Å². The lowest BCUT2D eigenvalue weighted by Gasteiger charge is -2.29. The van der Waals surface area contributed by atoms with Gasteiger partial charge in [-0.2, -0.15) is 0 Å². The molecule has 0 aliphatic carbocycles. The molecule has 4 atom stereocenters. The largest absolute Gasteiger partial charge is 0.348 e. The Bertz CT molecular complexity index is 270. The lowest BCUT2D eigenvalue weighted by Crippen LogP contribution is -2.36. The molecule has 0 saturated carbocycles. The zero-order valence-corrected chi connectivity index (χ0v) is 12.4. The molecular formula is C14H26O4. The predicted molar refractivity (Wildman–Crippen MR) is 68.1 cm³/mol. The molecule has 3 unspecified atom stereocenters. The molecule has 4 heteroatoms. The molecular weight excluding hydrogens is 232 g/mol. The fourth-order valence-electron chi connectivity index (χ4n) is 2.63. The van der Waals surface area contributed by atoms with Crippen LogP contribution in [0.4, 0.5) is 0 Å². The predicted octanol–water partition coefficient (Wildman–Crippen LogP) is 2.56. The second-order valence-electron chi connectivity index (χ2n) is 6.45. The molecule has 0 radical (unpaired) electrons. The van der Waals surface area contributed by atoms with Gasteiger partial charge in [-0.25, -0.2) is 0 Å². The summed E-state index contributed by atoms with van der Waals surface area (Å²) in [6.45, 7) is 13.6. The third-order valence-electron chi connectivity index (χ3n) is 4.06. The van der Waals surface area contributed by atoms with Gasteiger partial charge in [-0.3, -0.25) is 0 Å². The molecule has 2 rings (SSSR count). The first-order chi connectivity index (χ1) is 8.20. The van der Waals surface area contributed by atoms with Crippen LogP contribution in [0.1, 0.15) is 41.5 Å². The van der Waals surface area contributed by atoms with Gasteiger partial charge >= 0.3 is 0 Å². The van der Waals surface area contributed by atoms with E-state index in [1.165, 1.54) is 0 Å². The van der Waals surface area contributed by atoms with E-state index >= 15 is 0 Å². The smallest absolute Gasteiger partial charge is 0.163 e. The maximum Gasteiger partial charge on any atom is 0.163 e. The highest BCUT2D eigenvalue weighted by atomic mass is 16.7. The Hall–Kier alpha value is -0.160. The average Bonchev–Trinajstić information content (AvgIpc) is 2.79. The van der Waals surface area contributed by atoms with Crippen LogP contribution in [-0.2, 0) is 18.9 Å². The van der Waals surface area contributed by atoms with Gasteiger partial charge in [0.05, 0.1) is 25.4 Å². The van der Waals surface area contributed by atoms with Gasteiger partial charge in [0, 0.05) is 0 Å². The van der Waals surface area contributed by atoms with Crippen molar-refractivity contribution in [3.05, 3.63) is 0 Å². The summed E-state index contributed by atoms with van der Waals surface area (Å²) in [4.78, 5) is 0. The van der Waals surface area contributed by atoms with Crippen LogP contribution in [0.2, 0.25) is 0 Å². The topological polar surface area (TPSA) is 36.9 Å². The quantitative estimate of drug-likeness (QED) is 0.779. The number of hydrogen-bond acceptors (Lipinski definition) is 4. The maximum atomic E-state index is 5.92. The van der Waals surface area contributed by atoms with Crippen LogP contribution in [0.3, 0.4) is 0 Å². The fraction of sp³-hybridized carbons (Fsp3) is 1.00. The Balaban J connectivity index is 1.92. The van der Waals surface area contributed by atoms with Crippen molar-refractivity contribution in [2.24, 2.45) is 11.8 Å². The van der Waals surface area contributed by atoms with E-state index in [-0.39, 0.29) is 12.2 Å². The van der Waals surface area contributed by atoms with Gasteiger partial charge < -0.3 is 18.9 Å². The van der Waals surface area contributed by atoms with E-state index < -0.39 is 11.6 Å². The summed E-state index contributed by atoms with van der Waals surface area (Å²) in [5.41, 5.74) is 0. The zero-order chi connectivity index (χ0) is 13.6. The minimum atomic E-state index is -0.453.